The van der Waals surface area contributed by atoms with Crippen LogP contribution in [0.25, 0.3) is 0 Å². The molecule has 332 valence electrons. The van der Waals surface area contributed by atoms with E-state index in [0.717, 1.165) is 32.2 Å². The first-order chi connectivity index (χ1) is 26.8. The summed E-state index contributed by atoms with van der Waals surface area (Å²) >= 11 is 0. The van der Waals surface area contributed by atoms with Gasteiger partial charge in [-0.15, -0.1) is 0 Å². The van der Waals surface area contributed by atoms with Crippen LogP contribution in [-0.2, 0) is 33.4 Å². The van der Waals surface area contributed by atoms with Gasteiger partial charge in [0.25, 0.3) is 0 Å². The number of rotatable bonds is 31. The third-order valence-corrected chi connectivity index (χ3v) is 12.4. The topological polar surface area (TPSA) is 167 Å². The van der Waals surface area contributed by atoms with E-state index in [2.05, 4.69) is 41.6 Å². The fraction of sp³-hybridized carbons (Fsp3) is 0.886. The molecule has 4 N–H and O–H groups in total. The van der Waals surface area contributed by atoms with Gasteiger partial charge in [0.1, 0.15) is 12.1 Å². The van der Waals surface area contributed by atoms with Gasteiger partial charge in [-0.25, -0.2) is 0 Å². The van der Waals surface area contributed by atoms with E-state index in [1.54, 1.807) is 33.1 Å². The van der Waals surface area contributed by atoms with E-state index in [1.807, 2.05) is 34.7 Å². The average molecular weight is 810 g/mol. The lowest BCUT2D eigenvalue weighted by Crippen LogP contribution is -2.59. The highest BCUT2D eigenvalue weighted by molar-refractivity contribution is 5.90. The summed E-state index contributed by atoms with van der Waals surface area (Å²) in [5.74, 6) is -2.48. The maximum absolute atomic E-state index is 14.3. The van der Waals surface area contributed by atoms with Gasteiger partial charge < -0.3 is 35.4 Å². The summed E-state index contributed by atoms with van der Waals surface area (Å²) in [7, 11) is 6.89. The van der Waals surface area contributed by atoms with E-state index in [1.165, 1.54) is 45.4 Å². The molecule has 0 aromatic heterocycles. The summed E-state index contributed by atoms with van der Waals surface area (Å²) in [6.07, 6.45) is 12.1. The number of nitrogens with one attached hydrogen (secondary N) is 3. The van der Waals surface area contributed by atoms with Crippen molar-refractivity contribution in [3.63, 3.8) is 0 Å². The van der Waals surface area contributed by atoms with Crippen molar-refractivity contribution in [1.29, 1.82) is 0 Å². The van der Waals surface area contributed by atoms with Crippen LogP contribution in [0.15, 0.2) is 0 Å². The second-order valence-electron chi connectivity index (χ2n) is 17.5. The number of ether oxygens (including phenoxy) is 2. The first kappa shape index (κ1) is 52.2. The number of amides is 4. The molecule has 0 heterocycles. The van der Waals surface area contributed by atoms with Gasteiger partial charge in [-0.1, -0.05) is 107 Å². The standard InChI is InChI=1S/C44H83N5O8/c1-14-16-17-18-19-20-21-22-26-48(10)38(30(5)6)41(52)47-37(29(3)4)42(53)49(11)39(31(7)15-2)35(56-12)27-36(50)45-25-23-24-34-28-44(34,57-13)32(8)40(51)46-33(9)43(54)55/h29-35,37-39H,14-28H2,1-13H3,(H,45,50)(H,46,51)(H,47,52)(H,54,55)/t31-,32-,33-,34+,35+,37-,38-,39-,44+/m0/s1. The molecule has 1 aliphatic carbocycles. The van der Waals surface area contributed by atoms with E-state index < -0.39 is 41.7 Å². The van der Waals surface area contributed by atoms with Crippen molar-refractivity contribution in [3.05, 3.63) is 0 Å². The molecule has 0 unspecified atom stereocenters. The Morgan fingerprint density at radius 3 is 1.91 bits per heavy atom. The number of carboxylic acid groups (broad SMARTS) is 1. The molecule has 0 saturated heterocycles. The molecule has 1 saturated carbocycles. The minimum atomic E-state index is -1.10. The second-order valence-corrected chi connectivity index (χ2v) is 17.5. The summed E-state index contributed by atoms with van der Waals surface area (Å²) in [5, 5.41) is 17.8. The fourth-order valence-corrected chi connectivity index (χ4v) is 8.43. The summed E-state index contributed by atoms with van der Waals surface area (Å²) in [5.41, 5.74) is -0.653. The van der Waals surface area contributed by atoms with Crippen molar-refractivity contribution in [2.45, 2.75) is 182 Å². The van der Waals surface area contributed by atoms with Crippen molar-refractivity contribution in [3.8, 4) is 0 Å². The normalized spacial score (nSPS) is 20.3. The van der Waals surface area contributed by atoms with E-state index in [0.29, 0.717) is 19.4 Å². The smallest absolute Gasteiger partial charge is 0.325 e. The van der Waals surface area contributed by atoms with Crippen molar-refractivity contribution in [1.82, 2.24) is 25.8 Å². The molecule has 13 nitrogen and oxygen atoms in total. The highest BCUT2D eigenvalue weighted by atomic mass is 16.5. The summed E-state index contributed by atoms with van der Waals surface area (Å²) < 4.78 is 11.7. The van der Waals surface area contributed by atoms with Gasteiger partial charge in [0, 0.05) is 27.8 Å². The number of hydrogen-bond donors (Lipinski definition) is 4. The zero-order chi connectivity index (χ0) is 43.5. The number of likely N-dealkylation sites (N-methyl/N-ethyl adjacent to an activating group) is 2. The van der Waals surface area contributed by atoms with E-state index in [9.17, 15) is 24.0 Å². The molecule has 9 atom stereocenters. The lowest BCUT2D eigenvalue weighted by molar-refractivity contribution is -0.144. The molecule has 0 spiro atoms. The molecule has 57 heavy (non-hydrogen) atoms. The Labute approximate surface area is 345 Å². The Balaban J connectivity index is 2.87. The van der Waals surface area contributed by atoms with Gasteiger partial charge in [0.05, 0.1) is 36.1 Å². The van der Waals surface area contributed by atoms with Gasteiger partial charge in [0.2, 0.25) is 23.6 Å². The zero-order valence-electron chi connectivity index (χ0n) is 38.1. The SMILES string of the molecule is CCCCCCCCCCN(C)[C@H](C(=O)N[C@H](C(=O)N(C)[C@@H]([C@@H](C)CC)[C@@H](CC(=O)NCCC[C@@H]1C[C@@]1(OC)[C@@H](C)C(=O)N[C@@H](C)C(=O)O)OC)C(C)C)C(C)C. The molecular weight excluding hydrogens is 727 g/mol. The highest BCUT2D eigenvalue weighted by Gasteiger charge is 2.59. The Morgan fingerprint density at radius 1 is 0.807 bits per heavy atom. The van der Waals surface area contributed by atoms with Gasteiger partial charge >= 0.3 is 5.97 Å². The van der Waals surface area contributed by atoms with Gasteiger partial charge in [-0.2, -0.15) is 0 Å². The predicted octanol–water partition coefficient (Wildman–Crippen LogP) is 6.03. The Kier molecular flexibility index (Phi) is 24.2. The van der Waals surface area contributed by atoms with Crippen LogP contribution in [0.3, 0.4) is 0 Å². The number of unbranched alkanes of at least 4 members (excludes halogenated alkanes) is 7. The molecule has 0 aromatic rings. The van der Waals surface area contributed by atoms with Crippen molar-refractivity contribution < 1.29 is 38.6 Å². The van der Waals surface area contributed by atoms with Crippen LogP contribution in [-0.4, -0.2) is 122 Å². The molecule has 4 amide bonds. The molecule has 0 aliphatic heterocycles. The quantitative estimate of drug-likeness (QED) is 0.0612. The first-order valence-electron chi connectivity index (χ1n) is 22.0. The molecule has 0 aromatic carbocycles. The number of carbonyl (C=O) groups excluding carboxylic acids is 4. The maximum atomic E-state index is 14.3. The number of carboxylic acids is 1. The number of aliphatic carboxylic acids is 1. The third kappa shape index (κ3) is 16.4. The molecule has 1 fully saturated rings. The number of methoxy groups -OCH3 is 2. The van der Waals surface area contributed by atoms with Crippen molar-refractivity contribution in [2.24, 2.45) is 29.6 Å². The van der Waals surface area contributed by atoms with Crippen LogP contribution < -0.4 is 16.0 Å². The van der Waals surface area contributed by atoms with Gasteiger partial charge in [-0.05, 0) is 69.9 Å². The minimum Gasteiger partial charge on any atom is -0.480 e. The Morgan fingerprint density at radius 2 is 1.40 bits per heavy atom. The summed E-state index contributed by atoms with van der Waals surface area (Å²) in [6, 6.07) is -2.51. The van der Waals surface area contributed by atoms with Crippen LogP contribution in [0.4, 0.5) is 0 Å². The Bertz CT molecular complexity index is 1230. The highest BCUT2D eigenvalue weighted by Crippen LogP contribution is 2.54. The van der Waals surface area contributed by atoms with Crippen LogP contribution in [0, 0.1) is 29.6 Å². The number of carbonyl (C=O) groups is 5. The van der Waals surface area contributed by atoms with Crippen LogP contribution >= 0.6 is 0 Å². The second kappa shape index (κ2) is 26.4. The summed E-state index contributed by atoms with van der Waals surface area (Å²) in [4.78, 5) is 69.2. The fourth-order valence-electron chi connectivity index (χ4n) is 8.43. The van der Waals surface area contributed by atoms with Crippen molar-refractivity contribution in [2.75, 3.05) is 41.4 Å². The largest absolute Gasteiger partial charge is 0.480 e. The van der Waals surface area contributed by atoms with Crippen molar-refractivity contribution >= 4 is 29.6 Å². The number of nitrogens with zero attached hydrogens (tertiary/aromatic N) is 2. The molecule has 1 aliphatic rings. The van der Waals surface area contributed by atoms with Crippen LogP contribution in [0.1, 0.15) is 146 Å². The van der Waals surface area contributed by atoms with Gasteiger partial charge in [-0.3, -0.25) is 28.9 Å². The van der Waals surface area contributed by atoms with E-state index in [4.69, 9.17) is 14.6 Å². The lowest BCUT2D eigenvalue weighted by atomic mass is 9.89. The molecule has 13 heteroatoms. The zero-order valence-corrected chi connectivity index (χ0v) is 38.1. The first-order valence-corrected chi connectivity index (χ1v) is 22.0. The van der Waals surface area contributed by atoms with Crippen LogP contribution in [0.2, 0.25) is 0 Å². The predicted molar refractivity (Wildman–Crippen MR) is 227 cm³/mol. The van der Waals surface area contributed by atoms with E-state index >= 15 is 0 Å². The molecule has 1 rings (SSSR count). The third-order valence-electron chi connectivity index (χ3n) is 12.4. The monoisotopic (exact) mass is 810 g/mol. The summed E-state index contributed by atoms with van der Waals surface area (Å²) in [6.45, 7) is 18.8. The molecule has 0 radical (unpaired) electrons. The van der Waals surface area contributed by atoms with Crippen LogP contribution in [0.5, 0.6) is 0 Å². The number of hydrogen-bond acceptors (Lipinski definition) is 8. The molecular formula is C44H83N5O8. The minimum absolute atomic E-state index is 0.0103. The maximum Gasteiger partial charge on any atom is 0.325 e. The van der Waals surface area contributed by atoms with Gasteiger partial charge in [0.15, 0.2) is 0 Å². The van der Waals surface area contributed by atoms with E-state index in [-0.39, 0.29) is 59.8 Å². The lowest BCUT2D eigenvalue weighted by Gasteiger charge is -2.40. The molecule has 0 bridgehead atoms. The Hall–Kier alpha value is -2.77. The average Bonchev–Trinajstić information content (AvgIpc) is 3.89.